The molecule has 0 radical (unpaired) electrons. The first-order valence-corrected chi connectivity index (χ1v) is 9.88. The predicted molar refractivity (Wildman–Crippen MR) is 119 cm³/mol. The maximum atomic E-state index is 13.3. The molecule has 0 bridgehead atoms. The van der Waals surface area contributed by atoms with Gasteiger partial charge in [0.25, 0.3) is 0 Å². The Morgan fingerprint density at radius 3 is 2.34 bits per heavy atom. The lowest BCUT2D eigenvalue weighted by atomic mass is 9.96. The van der Waals surface area contributed by atoms with Crippen LogP contribution in [0.1, 0.15) is 52.9 Å². The molecule has 0 spiro atoms. The highest BCUT2D eigenvalue weighted by Crippen LogP contribution is 2.33. The molecule has 0 aliphatic heterocycles. The number of hydrogen-bond donors (Lipinski definition) is 2. The number of benzene rings is 2. The third-order valence-corrected chi connectivity index (χ3v) is 4.56. The van der Waals surface area contributed by atoms with Gasteiger partial charge in [-0.2, -0.15) is 13.2 Å². The molecule has 2 N–H and O–H groups in total. The molecule has 0 unspecified atom stereocenters. The first-order chi connectivity index (χ1) is 15.2. The monoisotopic (exact) mass is 440 g/mol. The zero-order valence-electron chi connectivity index (χ0n) is 17.7. The summed E-state index contributed by atoms with van der Waals surface area (Å²) in [5.41, 5.74) is 0.867. The second-order valence-electron chi connectivity index (χ2n) is 6.92. The van der Waals surface area contributed by atoms with Crippen LogP contribution in [-0.2, 0) is 12.6 Å². The van der Waals surface area contributed by atoms with Crippen molar-refractivity contribution in [2.75, 3.05) is 0 Å². The molecule has 2 aromatic rings. The molecular formula is C26H23F3O3. The number of aromatic carboxylic acids is 1. The minimum absolute atomic E-state index is 0.0798. The highest BCUT2D eigenvalue weighted by Gasteiger charge is 2.33. The lowest BCUT2D eigenvalue weighted by molar-refractivity contribution is -0.137. The molecule has 0 saturated carbocycles. The molecule has 6 heteroatoms. The lowest BCUT2D eigenvalue weighted by Crippen LogP contribution is -2.07. The molecule has 166 valence electrons. The first-order valence-electron chi connectivity index (χ1n) is 9.88. The largest absolute Gasteiger partial charge is 0.508 e. The van der Waals surface area contributed by atoms with Gasteiger partial charge in [-0.1, -0.05) is 42.2 Å². The van der Waals surface area contributed by atoms with E-state index in [9.17, 15) is 28.2 Å². The molecule has 0 atom stereocenters. The molecule has 0 aliphatic carbocycles. The van der Waals surface area contributed by atoms with Crippen molar-refractivity contribution in [2.24, 2.45) is 0 Å². The van der Waals surface area contributed by atoms with Crippen molar-refractivity contribution >= 4 is 5.97 Å². The molecule has 3 nitrogen and oxygen atoms in total. The van der Waals surface area contributed by atoms with Crippen molar-refractivity contribution < 1.29 is 28.2 Å². The number of phenolic OH excluding ortho intramolecular Hbond substituents is 1. The number of aryl methyl sites for hydroxylation is 1. The van der Waals surface area contributed by atoms with E-state index in [0.717, 1.165) is 17.7 Å². The summed E-state index contributed by atoms with van der Waals surface area (Å²) >= 11 is 0. The lowest BCUT2D eigenvalue weighted by Gasteiger charge is -2.10. The van der Waals surface area contributed by atoms with Crippen LogP contribution >= 0.6 is 0 Å². The molecular weight excluding hydrogens is 417 g/mol. The van der Waals surface area contributed by atoms with Gasteiger partial charge in [-0.15, -0.1) is 0 Å². The van der Waals surface area contributed by atoms with Gasteiger partial charge in [0, 0.05) is 11.1 Å². The third-order valence-electron chi connectivity index (χ3n) is 4.56. The number of allylic oxidation sites excluding steroid dienone is 6. The van der Waals surface area contributed by atoms with E-state index in [4.69, 9.17) is 0 Å². The van der Waals surface area contributed by atoms with Gasteiger partial charge < -0.3 is 10.2 Å². The maximum Gasteiger partial charge on any atom is 0.417 e. The summed E-state index contributed by atoms with van der Waals surface area (Å²) in [4.78, 5) is 11.4. The van der Waals surface area contributed by atoms with Crippen LogP contribution in [0.2, 0.25) is 0 Å². The van der Waals surface area contributed by atoms with Crippen LogP contribution in [0.3, 0.4) is 0 Å². The molecule has 0 fully saturated rings. The second kappa shape index (κ2) is 11.1. The fraction of sp³-hybridized carbons (Fsp3) is 0.192. The Morgan fingerprint density at radius 1 is 1.03 bits per heavy atom. The number of phenols is 1. The van der Waals surface area contributed by atoms with E-state index in [1.165, 1.54) is 18.2 Å². The molecule has 2 rings (SSSR count). The Kier molecular flexibility index (Phi) is 8.48. The van der Waals surface area contributed by atoms with Gasteiger partial charge >= 0.3 is 12.1 Å². The van der Waals surface area contributed by atoms with Crippen LogP contribution in [0.4, 0.5) is 13.2 Å². The molecule has 0 heterocycles. The van der Waals surface area contributed by atoms with E-state index in [1.54, 1.807) is 0 Å². The van der Waals surface area contributed by atoms with Gasteiger partial charge in [-0.05, 0) is 74.2 Å². The van der Waals surface area contributed by atoms with Crippen LogP contribution in [0, 0.1) is 11.8 Å². The average molecular weight is 440 g/mol. The topological polar surface area (TPSA) is 57.5 Å². The van der Waals surface area contributed by atoms with Gasteiger partial charge in [-0.25, -0.2) is 4.79 Å². The standard InChI is InChI=1S/C26H23F3O3/c1-3-5-7-18(6-4-2)8-9-21-16-22(25(31)32)13-11-19(21)10-12-20-14-15-23(30)17-24(20)26(27,28)29/h3-7,11,13-17,30H,8-9H2,1-2H3,(H,31,32)/b5-3-,6-4-,18-7+. The molecule has 0 aromatic heterocycles. The fourth-order valence-corrected chi connectivity index (χ4v) is 3.00. The SMILES string of the molecule is C\C=C/C=C(\C=C/C)CCc1cc(C(=O)O)ccc1C#Cc1ccc(O)cc1C(F)(F)F. The van der Waals surface area contributed by atoms with Crippen LogP contribution in [-0.4, -0.2) is 16.2 Å². The Hall–Kier alpha value is -3.72. The highest BCUT2D eigenvalue weighted by atomic mass is 19.4. The van der Waals surface area contributed by atoms with Crippen molar-refractivity contribution in [3.05, 3.63) is 100 Å². The Labute approximate surface area is 185 Å². The van der Waals surface area contributed by atoms with Crippen LogP contribution in [0.25, 0.3) is 0 Å². The molecule has 32 heavy (non-hydrogen) atoms. The summed E-state index contributed by atoms with van der Waals surface area (Å²) in [5.74, 6) is 3.69. The molecule has 0 amide bonds. The number of carbonyl (C=O) groups is 1. The Morgan fingerprint density at radius 2 is 1.72 bits per heavy atom. The van der Waals surface area contributed by atoms with E-state index in [2.05, 4.69) is 11.8 Å². The van der Waals surface area contributed by atoms with Crippen molar-refractivity contribution in [3.63, 3.8) is 0 Å². The Bertz CT molecular complexity index is 1130. The molecule has 0 aliphatic rings. The van der Waals surface area contributed by atoms with Crippen molar-refractivity contribution in [3.8, 4) is 17.6 Å². The van der Waals surface area contributed by atoms with Crippen molar-refractivity contribution in [1.82, 2.24) is 0 Å². The van der Waals surface area contributed by atoms with Crippen LogP contribution < -0.4 is 0 Å². The minimum atomic E-state index is -4.67. The number of halogens is 3. The van der Waals surface area contributed by atoms with Crippen LogP contribution in [0.15, 0.2) is 72.4 Å². The molecule has 0 saturated heterocycles. The Balaban J connectivity index is 2.48. The van der Waals surface area contributed by atoms with Gasteiger partial charge in [0.1, 0.15) is 5.75 Å². The number of alkyl halides is 3. The zero-order chi connectivity index (χ0) is 23.7. The van der Waals surface area contributed by atoms with E-state index in [1.807, 2.05) is 44.2 Å². The van der Waals surface area contributed by atoms with Gasteiger partial charge in [0.05, 0.1) is 11.1 Å². The summed E-state index contributed by atoms with van der Waals surface area (Å²) in [6.45, 7) is 3.79. The second-order valence-corrected chi connectivity index (χ2v) is 6.92. The number of carboxylic acids is 1. The number of carboxylic acid groups (broad SMARTS) is 1. The predicted octanol–water partition coefficient (Wildman–Crippen LogP) is 6.52. The van der Waals surface area contributed by atoms with Gasteiger partial charge in [-0.3, -0.25) is 0 Å². The zero-order valence-corrected chi connectivity index (χ0v) is 17.7. The van der Waals surface area contributed by atoms with Gasteiger partial charge in [0.2, 0.25) is 0 Å². The van der Waals surface area contributed by atoms with Crippen molar-refractivity contribution in [1.29, 1.82) is 0 Å². The number of aromatic hydroxyl groups is 1. The van der Waals surface area contributed by atoms with Crippen molar-refractivity contribution in [2.45, 2.75) is 32.9 Å². The average Bonchev–Trinajstić information content (AvgIpc) is 2.74. The summed E-state index contributed by atoms with van der Waals surface area (Å²) < 4.78 is 39.9. The fourth-order valence-electron chi connectivity index (χ4n) is 3.00. The first kappa shape index (κ1) is 24.5. The summed E-state index contributed by atoms with van der Waals surface area (Å²) in [6.07, 6.45) is 5.95. The van der Waals surface area contributed by atoms with Gasteiger partial charge in [0.15, 0.2) is 0 Å². The summed E-state index contributed by atoms with van der Waals surface area (Å²) in [5, 5.41) is 18.7. The quantitative estimate of drug-likeness (QED) is 0.397. The normalized spacial score (nSPS) is 12.2. The summed E-state index contributed by atoms with van der Waals surface area (Å²) in [7, 11) is 0. The van der Waals surface area contributed by atoms with E-state index in [-0.39, 0.29) is 11.1 Å². The molecule has 2 aromatic carbocycles. The smallest absolute Gasteiger partial charge is 0.417 e. The van der Waals surface area contributed by atoms with E-state index < -0.39 is 23.5 Å². The van der Waals surface area contributed by atoms with Crippen LogP contribution in [0.5, 0.6) is 5.75 Å². The summed E-state index contributed by atoms with van der Waals surface area (Å²) in [6, 6.07) is 7.26. The third kappa shape index (κ3) is 6.92. The number of rotatable bonds is 6. The minimum Gasteiger partial charge on any atom is -0.508 e. The number of hydrogen-bond acceptors (Lipinski definition) is 2. The maximum absolute atomic E-state index is 13.3. The van der Waals surface area contributed by atoms with E-state index >= 15 is 0 Å². The van der Waals surface area contributed by atoms with E-state index in [0.29, 0.717) is 30.0 Å². The highest BCUT2D eigenvalue weighted by molar-refractivity contribution is 5.88.